The van der Waals surface area contributed by atoms with Crippen molar-refractivity contribution in [2.45, 2.75) is 57.1 Å². The highest BCUT2D eigenvalue weighted by Gasteiger charge is 2.28. The minimum Gasteiger partial charge on any atom is -0.494 e. The predicted molar refractivity (Wildman–Crippen MR) is 139 cm³/mol. The van der Waals surface area contributed by atoms with Crippen LogP contribution in [0.2, 0.25) is 0 Å². The number of methoxy groups -OCH3 is 1. The number of anilines is 1. The highest BCUT2D eigenvalue weighted by atomic mass is 16.5. The molecule has 2 atom stereocenters. The molecule has 1 N–H and O–H groups in total. The zero-order valence-electron chi connectivity index (χ0n) is 20.9. The molecule has 37 heavy (non-hydrogen) atoms. The van der Waals surface area contributed by atoms with E-state index in [2.05, 4.69) is 32.8 Å². The Hall–Kier alpha value is -4.03. The Morgan fingerprint density at radius 2 is 2.08 bits per heavy atom. The Labute approximate surface area is 214 Å². The van der Waals surface area contributed by atoms with Crippen LogP contribution < -0.4 is 10.1 Å². The minimum absolute atomic E-state index is 0.0768. The van der Waals surface area contributed by atoms with Gasteiger partial charge in [0.25, 0.3) is 0 Å². The van der Waals surface area contributed by atoms with Crippen molar-refractivity contribution in [2.75, 3.05) is 19.0 Å². The van der Waals surface area contributed by atoms with E-state index in [4.69, 9.17) is 14.5 Å². The summed E-state index contributed by atoms with van der Waals surface area (Å²) in [4.78, 5) is 27.2. The van der Waals surface area contributed by atoms with E-state index in [1.165, 1.54) is 0 Å². The van der Waals surface area contributed by atoms with Crippen molar-refractivity contribution in [2.24, 2.45) is 0 Å². The third kappa shape index (κ3) is 4.49. The Bertz CT molecular complexity index is 1550. The minimum atomic E-state index is -0.203. The standard InChI is InChI=1S/C28H28N6O3/c1-16-9-19(7-8-37-16)34-26(32-24-15-30-21-6-3-17(13-29)10-20(21)28(24)34)12-27(35)33-23-14-31-22(18-4-5-18)11-25(23)36-2/h3,6,10-11,14-16,18-19H,4-5,7-9,12H2,1-2H3,(H,33,35)/t16-,19-/m1/s1. The molecule has 0 spiro atoms. The number of hydrogen-bond acceptors (Lipinski definition) is 7. The van der Waals surface area contributed by atoms with Crippen LogP contribution in [0.4, 0.5) is 5.69 Å². The largest absolute Gasteiger partial charge is 0.494 e. The summed E-state index contributed by atoms with van der Waals surface area (Å²) in [6.07, 6.45) is 7.50. The van der Waals surface area contributed by atoms with Gasteiger partial charge < -0.3 is 19.4 Å². The van der Waals surface area contributed by atoms with Crippen LogP contribution in [-0.4, -0.2) is 45.2 Å². The van der Waals surface area contributed by atoms with Crippen molar-refractivity contribution in [3.63, 3.8) is 0 Å². The molecule has 1 saturated heterocycles. The van der Waals surface area contributed by atoms with E-state index < -0.39 is 0 Å². The first-order valence-electron chi connectivity index (χ1n) is 12.7. The van der Waals surface area contributed by atoms with Crippen LogP contribution in [0.25, 0.3) is 21.9 Å². The molecule has 6 rings (SSSR count). The number of aromatic nitrogens is 4. The lowest BCUT2D eigenvalue weighted by atomic mass is 10.0. The van der Waals surface area contributed by atoms with E-state index in [9.17, 15) is 10.1 Å². The fraction of sp³-hybridized carbons (Fsp3) is 0.393. The summed E-state index contributed by atoms with van der Waals surface area (Å²) < 4.78 is 13.5. The van der Waals surface area contributed by atoms with Crippen molar-refractivity contribution >= 4 is 33.5 Å². The fourth-order valence-electron chi connectivity index (χ4n) is 5.28. The number of carbonyl (C=O) groups is 1. The number of fused-ring (bicyclic) bond motifs is 3. The Kier molecular flexibility index (Phi) is 5.97. The SMILES string of the molecule is COc1cc(C2CC2)ncc1NC(=O)Cc1nc2cnc3ccc(C#N)cc3c2n1[C@@H]1CCO[C@H](C)C1. The van der Waals surface area contributed by atoms with Gasteiger partial charge in [0, 0.05) is 35.7 Å². The van der Waals surface area contributed by atoms with Crippen LogP contribution >= 0.6 is 0 Å². The zero-order chi connectivity index (χ0) is 25.5. The second kappa shape index (κ2) is 9.45. The second-order valence-electron chi connectivity index (χ2n) is 9.90. The zero-order valence-corrected chi connectivity index (χ0v) is 20.9. The molecule has 1 amide bonds. The topological polar surface area (TPSA) is 115 Å². The van der Waals surface area contributed by atoms with Crippen LogP contribution in [0, 0.1) is 11.3 Å². The first-order chi connectivity index (χ1) is 18.0. The van der Waals surface area contributed by atoms with Crippen LogP contribution in [0.1, 0.15) is 61.6 Å². The summed E-state index contributed by atoms with van der Waals surface area (Å²) in [6.45, 7) is 2.70. The van der Waals surface area contributed by atoms with Crippen LogP contribution in [-0.2, 0) is 16.0 Å². The predicted octanol–water partition coefficient (Wildman–Crippen LogP) is 4.66. The summed E-state index contributed by atoms with van der Waals surface area (Å²) in [5.41, 5.74) is 4.50. The van der Waals surface area contributed by atoms with Crippen molar-refractivity contribution in [3.05, 3.63) is 53.7 Å². The number of rotatable bonds is 6. The maximum absolute atomic E-state index is 13.3. The molecule has 1 saturated carbocycles. The van der Waals surface area contributed by atoms with Gasteiger partial charge in [0.05, 0.1) is 54.7 Å². The number of nitrogens with one attached hydrogen (secondary N) is 1. The smallest absolute Gasteiger partial charge is 0.232 e. The molecule has 9 heteroatoms. The Morgan fingerprint density at radius 3 is 2.84 bits per heavy atom. The van der Waals surface area contributed by atoms with Crippen molar-refractivity contribution in [1.82, 2.24) is 19.5 Å². The van der Waals surface area contributed by atoms with Gasteiger partial charge in [-0.05, 0) is 50.8 Å². The third-order valence-electron chi connectivity index (χ3n) is 7.24. The summed E-state index contributed by atoms with van der Waals surface area (Å²) in [5, 5.41) is 13.3. The highest BCUT2D eigenvalue weighted by molar-refractivity contribution is 6.03. The Morgan fingerprint density at radius 1 is 1.22 bits per heavy atom. The average molecular weight is 497 g/mol. The molecule has 0 bridgehead atoms. The number of imidazole rings is 1. The lowest BCUT2D eigenvalue weighted by molar-refractivity contribution is -0.115. The monoisotopic (exact) mass is 496 g/mol. The normalized spacial score (nSPS) is 19.6. The molecule has 1 aliphatic carbocycles. The summed E-state index contributed by atoms with van der Waals surface area (Å²) >= 11 is 0. The van der Waals surface area contributed by atoms with Crippen molar-refractivity contribution < 1.29 is 14.3 Å². The number of hydrogen-bond donors (Lipinski definition) is 1. The first kappa shape index (κ1) is 23.4. The van der Waals surface area contributed by atoms with Gasteiger partial charge >= 0.3 is 0 Å². The van der Waals surface area contributed by atoms with Gasteiger partial charge in [-0.15, -0.1) is 0 Å². The van der Waals surface area contributed by atoms with E-state index in [0.717, 1.165) is 47.8 Å². The van der Waals surface area contributed by atoms with E-state index in [1.54, 1.807) is 25.6 Å². The second-order valence-corrected chi connectivity index (χ2v) is 9.90. The Balaban J connectivity index is 1.39. The lowest BCUT2D eigenvalue weighted by Gasteiger charge is -2.30. The number of benzene rings is 1. The molecule has 2 fully saturated rings. The molecule has 4 heterocycles. The number of pyridine rings is 2. The molecule has 1 aromatic carbocycles. The average Bonchev–Trinajstić information content (AvgIpc) is 3.69. The number of amides is 1. The van der Waals surface area contributed by atoms with E-state index in [1.807, 2.05) is 18.2 Å². The quantitative estimate of drug-likeness (QED) is 0.413. The number of nitriles is 1. The maximum Gasteiger partial charge on any atom is 0.232 e. The van der Waals surface area contributed by atoms with Gasteiger partial charge in [0.1, 0.15) is 22.8 Å². The molecular weight excluding hydrogens is 468 g/mol. The fourth-order valence-corrected chi connectivity index (χ4v) is 5.28. The molecule has 4 aromatic rings. The van der Waals surface area contributed by atoms with Gasteiger partial charge in [0.15, 0.2) is 0 Å². The molecule has 2 aliphatic rings. The molecular formula is C28H28N6O3. The summed E-state index contributed by atoms with van der Waals surface area (Å²) in [6, 6.07) is 9.72. The lowest BCUT2D eigenvalue weighted by Crippen LogP contribution is -2.27. The first-order valence-corrected chi connectivity index (χ1v) is 12.7. The third-order valence-corrected chi connectivity index (χ3v) is 7.24. The van der Waals surface area contributed by atoms with E-state index in [-0.39, 0.29) is 24.5 Å². The molecule has 0 radical (unpaired) electrons. The van der Waals surface area contributed by atoms with Gasteiger partial charge in [-0.3, -0.25) is 14.8 Å². The van der Waals surface area contributed by atoms with Gasteiger partial charge in [-0.2, -0.15) is 5.26 Å². The van der Waals surface area contributed by atoms with Crippen molar-refractivity contribution in [1.29, 1.82) is 5.26 Å². The molecule has 188 valence electrons. The van der Waals surface area contributed by atoms with E-state index >= 15 is 0 Å². The van der Waals surface area contributed by atoms with Crippen LogP contribution in [0.3, 0.4) is 0 Å². The molecule has 0 unspecified atom stereocenters. The number of ether oxygens (including phenoxy) is 2. The number of carbonyl (C=O) groups excluding carboxylic acids is 1. The maximum atomic E-state index is 13.3. The number of nitrogens with zero attached hydrogens (tertiary/aromatic N) is 5. The summed E-state index contributed by atoms with van der Waals surface area (Å²) in [7, 11) is 1.60. The van der Waals surface area contributed by atoms with E-state index in [0.29, 0.717) is 40.9 Å². The highest BCUT2D eigenvalue weighted by Crippen LogP contribution is 2.41. The van der Waals surface area contributed by atoms with Gasteiger partial charge in [-0.25, -0.2) is 4.98 Å². The van der Waals surface area contributed by atoms with Crippen LogP contribution in [0.5, 0.6) is 5.75 Å². The van der Waals surface area contributed by atoms with Crippen molar-refractivity contribution in [3.8, 4) is 11.8 Å². The van der Waals surface area contributed by atoms with Crippen LogP contribution in [0.15, 0.2) is 36.7 Å². The van der Waals surface area contributed by atoms with Gasteiger partial charge in [-0.1, -0.05) is 0 Å². The molecule has 9 nitrogen and oxygen atoms in total. The van der Waals surface area contributed by atoms with Gasteiger partial charge in [0.2, 0.25) is 5.91 Å². The molecule has 3 aromatic heterocycles. The summed E-state index contributed by atoms with van der Waals surface area (Å²) in [5.74, 6) is 1.55. The molecule has 1 aliphatic heterocycles.